The number of rotatable bonds is 3. The first-order valence-electron chi connectivity index (χ1n) is 8.34. The Bertz CT molecular complexity index is 1150. The number of carbonyl (C=O) groups excluding carboxylic acids is 2. The first kappa shape index (κ1) is 17.1. The van der Waals surface area contributed by atoms with Gasteiger partial charge < -0.3 is 4.42 Å². The van der Waals surface area contributed by atoms with E-state index < -0.39 is 5.91 Å². The molecule has 0 saturated carbocycles. The van der Waals surface area contributed by atoms with E-state index in [0.717, 1.165) is 27.3 Å². The highest BCUT2D eigenvalue weighted by Gasteiger charge is 2.14. The van der Waals surface area contributed by atoms with Gasteiger partial charge in [-0.2, -0.15) is 0 Å². The number of nitrogens with one attached hydrogen (secondary N) is 2. The highest BCUT2D eigenvalue weighted by molar-refractivity contribution is 6.30. The second-order valence-electron chi connectivity index (χ2n) is 6.11. The fourth-order valence-electron chi connectivity index (χ4n) is 3.02. The molecule has 6 heteroatoms. The van der Waals surface area contributed by atoms with Crippen molar-refractivity contribution in [2.75, 3.05) is 0 Å². The topological polar surface area (TPSA) is 71.3 Å². The minimum atomic E-state index is -0.414. The van der Waals surface area contributed by atoms with E-state index >= 15 is 0 Å². The summed E-state index contributed by atoms with van der Waals surface area (Å²) in [6, 6.07) is 18.2. The van der Waals surface area contributed by atoms with E-state index in [2.05, 4.69) is 10.9 Å². The standard InChI is InChI=1S/C21H15ClN2O3/c22-16-8-5-14(6-9-16)21(26)24-23-19(25)11-15-12-27-18-10-7-13-3-1-2-4-17(13)20(15)18/h1-10,12H,11H2,(H,23,25)(H,24,26). The maximum Gasteiger partial charge on any atom is 0.269 e. The Kier molecular flexibility index (Phi) is 4.52. The Morgan fingerprint density at radius 3 is 2.52 bits per heavy atom. The molecule has 0 fully saturated rings. The molecule has 2 N–H and O–H groups in total. The second-order valence-corrected chi connectivity index (χ2v) is 6.54. The molecule has 0 radical (unpaired) electrons. The number of fused-ring (bicyclic) bond motifs is 3. The lowest BCUT2D eigenvalue weighted by Crippen LogP contribution is -2.42. The number of hydrazine groups is 1. The van der Waals surface area contributed by atoms with Gasteiger partial charge in [0.1, 0.15) is 5.58 Å². The molecule has 27 heavy (non-hydrogen) atoms. The number of furan rings is 1. The molecule has 0 aliphatic heterocycles. The van der Waals surface area contributed by atoms with Crippen LogP contribution in [0.15, 0.2) is 71.3 Å². The maximum absolute atomic E-state index is 12.3. The van der Waals surface area contributed by atoms with Gasteiger partial charge in [0.2, 0.25) is 5.91 Å². The Morgan fingerprint density at radius 2 is 1.70 bits per heavy atom. The Labute approximate surface area is 159 Å². The van der Waals surface area contributed by atoms with Gasteiger partial charge in [-0.25, -0.2) is 0 Å². The summed E-state index contributed by atoms with van der Waals surface area (Å²) in [5.74, 6) is -0.754. The van der Waals surface area contributed by atoms with E-state index in [0.29, 0.717) is 10.6 Å². The molecule has 134 valence electrons. The highest BCUT2D eigenvalue weighted by atomic mass is 35.5. The fourth-order valence-corrected chi connectivity index (χ4v) is 3.15. The molecule has 1 aromatic heterocycles. The van der Waals surface area contributed by atoms with Crippen LogP contribution < -0.4 is 10.9 Å². The molecular weight excluding hydrogens is 364 g/mol. The first-order chi connectivity index (χ1) is 13.1. The van der Waals surface area contributed by atoms with Crippen LogP contribution in [-0.2, 0) is 11.2 Å². The zero-order chi connectivity index (χ0) is 18.8. The third-order valence-electron chi connectivity index (χ3n) is 4.31. The molecule has 0 saturated heterocycles. The lowest BCUT2D eigenvalue weighted by molar-refractivity contribution is -0.121. The molecule has 2 amide bonds. The van der Waals surface area contributed by atoms with Crippen LogP contribution in [0.3, 0.4) is 0 Å². The minimum absolute atomic E-state index is 0.0852. The fraction of sp³-hybridized carbons (Fsp3) is 0.0476. The van der Waals surface area contributed by atoms with Crippen molar-refractivity contribution < 1.29 is 14.0 Å². The van der Waals surface area contributed by atoms with E-state index in [1.54, 1.807) is 30.5 Å². The van der Waals surface area contributed by atoms with Crippen molar-refractivity contribution in [2.24, 2.45) is 0 Å². The lowest BCUT2D eigenvalue weighted by Gasteiger charge is -2.07. The molecule has 0 atom stereocenters. The zero-order valence-electron chi connectivity index (χ0n) is 14.2. The number of carbonyl (C=O) groups is 2. The molecule has 0 unspecified atom stereocenters. The molecule has 5 nitrogen and oxygen atoms in total. The maximum atomic E-state index is 12.3. The Hall–Kier alpha value is -3.31. The number of benzene rings is 3. The lowest BCUT2D eigenvalue weighted by atomic mass is 10.0. The molecule has 1 heterocycles. The number of amides is 2. The van der Waals surface area contributed by atoms with Crippen LogP contribution in [-0.4, -0.2) is 11.8 Å². The van der Waals surface area contributed by atoms with E-state index in [1.165, 1.54) is 0 Å². The van der Waals surface area contributed by atoms with Gasteiger partial charge in [-0.3, -0.25) is 20.4 Å². The summed E-state index contributed by atoms with van der Waals surface area (Å²) < 4.78 is 5.58. The van der Waals surface area contributed by atoms with E-state index in [1.807, 2.05) is 36.4 Å². The molecule has 0 spiro atoms. The van der Waals surface area contributed by atoms with Gasteiger partial charge in [0.05, 0.1) is 12.7 Å². The SMILES string of the molecule is O=C(Cc1coc2ccc3ccccc3c12)NNC(=O)c1ccc(Cl)cc1. The summed E-state index contributed by atoms with van der Waals surface area (Å²) in [6.45, 7) is 0. The molecule has 0 aliphatic rings. The predicted molar refractivity (Wildman–Crippen MR) is 104 cm³/mol. The molecular formula is C21H15ClN2O3. The van der Waals surface area contributed by atoms with E-state index in [4.69, 9.17) is 16.0 Å². The van der Waals surface area contributed by atoms with Crippen LogP contribution in [0.1, 0.15) is 15.9 Å². The molecule has 3 aromatic carbocycles. The Balaban J connectivity index is 1.49. The van der Waals surface area contributed by atoms with Crippen molar-refractivity contribution in [3.05, 3.63) is 83.1 Å². The average Bonchev–Trinajstić information content (AvgIpc) is 3.10. The largest absolute Gasteiger partial charge is 0.464 e. The highest BCUT2D eigenvalue weighted by Crippen LogP contribution is 2.30. The minimum Gasteiger partial charge on any atom is -0.464 e. The van der Waals surface area contributed by atoms with Gasteiger partial charge in [0.15, 0.2) is 0 Å². The number of hydrogen-bond donors (Lipinski definition) is 2. The van der Waals surface area contributed by atoms with Crippen molar-refractivity contribution in [3.63, 3.8) is 0 Å². The quantitative estimate of drug-likeness (QED) is 0.524. The number of hydrogen-bond acceptors (Lipinski definition) is 3. The van der Waals surface area contributed by atoms with Crippen molar-refractivity contribution in [2.45, 2.75) is 6.42 Å². The average molecular weight is 379 g/mol. The van der Waals surface area contributed by atoms with Gasteiger partial charge in [-0.05, 0) is 41.1 Å². The molecule has 0 aliphatic carbocycles. The summed E-state index contributed by atoms with van der Waals surface area (Å²) in [5, 5.41) is 3.54. The third-order valence-corrected chi connectivity index (χ3v) is 4.56. The van der Waals surface area contributed by atoms with Gasteiger partial charge in [-0.15, -0.1) is 0 Å². The summed E-state index contributed by atoms with van der Waals surface area (Å²) in [6.07, 6.45) is 1.67. The van der Waals surface area contributed by atoms with Crippen LogP contribution in [0, 0.1) is 0 Å². The summed E-state index contributed by atoms with van der Waals surface area (Å²) in [7, 11) is 0. The van der Waals surface area contributed by atoms with Crippen molar-refractivity contribution in [1.82, 2.24) is 10.9 Å². The van der Waals surface area contributed by atoms with Crippen LogP contribution >= 0.6 is 11.6 Å². The van der Waals surface area contributed by atoms with Crippen molar-refractivity contribution in [3.8, 4) is 0 Å². The summed E-state index contributed by atoms with van der Waals surface area (Å²) in [4.78, 5) is 24.4. The van der Waals surface area contributed by atoms with Gasteiger partial charge in [0, 0.05) is 21.5 Å². The van der Waals surface area contributed by atoms with Gasteiger partial charge in [-0.1, -0.05) is 41.9 Å². The van der Waals surface area contributed by atoms with Crippen LogP contribution in [0.25, 0.3) is 21.7 Å². The molecule has 4 rings (SSSR count). The van der Waals surface area contributed by atoms with Crippen LogP contribution in [0.2, 0.25) is 5.02 Å². The zero-order valence-corrected chi connectivity index (χ0v) is 14.9. The first-order valence-corrected chi connectivity index (χ1v) is 8.72. The Morgan fingerprint density at radius 1 is 0.926 bits per heavy atom. The van der Waals surface area contributed by atoms with Crippen LogP contribution in [0.4, 0.5) is 0 Å². The van der Waals surface area contributed by atoms with Crippen molar-refractivity contribution >= 4 is 45.2 Å². The predicted octanol–water partition coefficient (Wildman–Crippen LogP) is 4.24. The second kappa shape index (κ2) is 7.13. The van der Waals surface area contributed by atoms with Crippen molar-refractivity contribution in [1.29, 1.82) is 0 Å². The summed E-state index contributed by atoms with van der Waals surface area (Å²) in [5.41, 5.74) is 6.73. The normalized spacial score (nSPS) is 10.9. The third kappa shape index (κ3) is 3.50. The van der Waals surface area contributed by atoms with Crippen LogP contribution in [0.5, 0.6) is 0 Å². The number of halogens is 1. The van der Waals surface area contributed by atoms with E-state index in [-0.39, 0.29) is 12.3 Å². The monoisotopic (exact) mass is 378 g/mol. The molecule has 4 aromatic rings. The smallest absolute Gasteiger partial charge is 0.269 e. The van der Waals surface area contributed by atoms with E-state index in [9.17, 15) is 9.59 Å². The van der Waals surface area contributed by atoms with Gasteiger partial charge in [0.25, 0.3) is 5.91 Å². The summed E-state index contributed by atoms with van der Waals surface area (Å²) >= 11 is 5.80. The molecule has 0 bridgehead atoms. The van der Waals surface area contributed by atoms with Gasteiger partial charge >= 0.3 is 0 Å².